The molecule has 0 spiro atoms. The van der Waals surface area contributed by atoms with E-state index in [1.165, 1.54) is 24.8 Å². The van der Waals surface area contributed by atoms with Crippen molar-refractivity contribution in [2.45, 2.75) is 58.0 Å². The third kappa shape index (κ3) is 4.07. The van der Waals surface area contributed by atoms with Gasteiger partial charge in [0.25, 0.3) is 0 Å². The number of hydrogen-bond acceptors (Lipinski definition) is 2. The third-order valence-corrected chi connectivity index (χ3v) is 4.45. The highest BCUT2D eigenvalue weighted by Crippen LogP contribution is 2.37. The first-order chi connectivity index (χ1) is 9.49. The van der Waals surface area contributed by atoms with Gasteiger partial charge in [-0.05, 0) is 62.2 Å². The van der Waals surface area contributed by atoms with Gasteiger partial charge in [0.15, 0.2) is 0 Å². The van der Waals surface area contributed by atoms with Crippen molar-refractivity contribution in [2.24, 2.45) is 5.92 Å². The summed E-state index contributed by atoms with van der Waals surface area (Å²) in [5.74, 6) is 1.42. The number of rotatable bonds is 7. The lowest BCUT2D eigenvalue weighted by molar-refractivity contribution is 0.0478. The average Bonchev–Trinajstić information content (AvgIpc) is 2.33. The van der Waals surface area contributed by atoms with E-state index < -0.39 is 5.60 Å². The smallest absolute Gasteiger partial charge is 0.0880 e. The van der Waals surface area contributed by atoms with Crippen molar-refractivity contribution in [1.29, 1.82) is 0 Å². The van der Waals surface area contributed by atoms with Crippen molar-refractivity contribution < 1.29 is 5.11 Å². The highest BCUT2D eigenvalue weighted by molar-refractivity contribution is 5.29. The topological polar surface area (TPSA) is 32.3 Å². The minimum Gasteiger partial charge on any atom is -0.385 e. The molecule has 1 fully saturated rings. The molecule has 1 unspecified atom stereocenters. The predicted molar refractivity (Wildman–Crippen MR) is 84.9 cm³/mol. The summed E-state index contributed by atoms with van der Waals surface area (Å²) in [6.07, 6.45) is 4.78. The normalized spacial score (nSPS) is 18.9. The molecule has 20 heavy (non-hydrogen) atoms. The molecular formula is C18H29NO. The summed E-state index contributed by atoms with van der Waals surface area (Å²) in [7, 11) is 0. The molecule has 0 amide bonds. The van der Waals surface area contributed by atoms with Gasteiger partial charge in [-0.1, -0.05) is 44.5 Å². The maximum Gasteiger partial charge on any atom is 0.0880 e. The molecule has 1 aliphatic rings. The molecule has 1 saturated carbocycles. The van der Waals surface area contributed by atoms with Gasteiger partial charge in [-0.15, -0.1) is 0 Å². The van der Waals surface area contributed by atoms with Gasteiger partial charge in [0, 0.05) is 0 Å². The predicted octanol–water partition coefficient (Wildman–Crippen LogP) is 3.80. The molecule has 0 radical (unpaired) electrons. The van der Waals surface area contributed by atoms with E-state index in [0.717, 1.165) is 31.0 Å². The van der Waals surface area contributed by atoms with Gasteiger partial charge in [0.05, 0.1) is 5.60 Å². The summed E-state index contributed by atoms with van der Waals surface area (Å²) in [6.45, 7) is 8.18. The van der Waals surface area contributed by atoms with Crippen LogP contribution < -0.4 is 5.32 Å². The zero-order valence-electron chi connectivity index (χ0n) is 13.2. The fourth-order valence-electron chi connectivity index (χ4n) is 2.72. The summed E-state index contributed by atoms with van der Waals surface area (Å²) < 4.78 is 0. The van der Waals surface area contributed by atoms with Crippen LogP contribution in [0.15, 0.2) is 24.3 Å². The Hall–Kier alpha value is -0.860. The molecule has 1 atom stereocenters. The van der Waals surface area contributed by atoms with Crippen LogP contribution in [0.3, 0.4) is 0 Å². The highest BCUT2D eigenvalue weighted by Gasteiger charge is 2.24. The number of nitrogens with one attached hydrogen (secondary N) is 1. The SMILES string of the molecule is CC(C)CNCCC(C)(O)c1ccc(C2CCC2)cc1. The molecule has 0 saturated heterocycles. The second-order valence-corrected chi connectivity index (χ2v) is 6.87. The summed E-state index contributed by atoms with van der Waals surface area (Å²) in [6, 6.07) is 8.62. The van der Waals surface area contributed by atoms with Crippen LogP contribution in [0.25, 0.3) is 0 Å². The van der Waals surface area contributed by atoms with E-state index in [1.807, 2.05) is 6.92 Å². The van der Waals surface area contributed by atoms with E-state index in [4.69, 9.17) is 0 Å². The Morgan fingerprint density at radius 2 is 1.90 bits per heavy atom. The van der Waals surface area contributed by atoms with Crippen molar-refractivity contribution in [1.82, 2.24) is 5.32 Å². The fourth-order valence-corrected chi connectivity index (χ4v) is 2.72. The Kier molecular flexibility index (Phi) is 5.22. The fraction of sp³-hybridized carbons (Fsp3) is 0.667. The van der Waals surface area contributed by atoms with Crippen LogP contribution in [0.4, 0.5) is 0 Å². The largest absolute Gasteiger partial charge is 0.385 e. The molecule has 1 aliphatic carbocycles. The van der Waals surface area contributed by atoms with E-state index in [1.54, 1.807) is 0 Å². The van der Waals surface area contributed by atoms with Gasteiger partial charge in [-0.3, -0.25) is 0 Å². The molecule has 2 rings (SSSR count). The quantitative estimate of drug-likeness (QED) is 0.742. The van der Waals surface area contributed by atoms with Crippen molar-refractivity contribution in [2.75, 3.05) is 13.1 Å². The Morgan fingerprint density at radius 1 is 1.25 bits per heavy atom. The van der Waals surface area contributed by atoms with Crippen LogP contribution in [0.2, 0.25) is 0 Å². The molecule has 2 nitrogen and oxygen atoms in total. The van der Waals surface area contributed by atoms with E-state index in [2.05, 4.69) is 43.4 Å². The number of hydrogen-bond donors (Lipinski definition) is 2. The number of aliphatic hydroxyl groups is 1. The van der Waals surface area contributed by atoms with Crippen molar-refractivity contribution in [3.05, 3.63) is 35.4 Å². The van der Waals surface area contributed by atoms with Gasteiger partial charge >= 0.3 is 0 Å². The molecule has 0 aromatic heterocycles. The molecule has 1 aromatic carbocycles. The first-order valence-electron chi connectivity index (χ1n) is 8.02. The van der Waals surface area contributed by atoms with Crippen molar-refractivity contribution in [3.63, 3.8) is 0 Å². The monoisotopic (exact) mass is 275 g/mol. The van der Waals surface area contributed by atoms with Gasteiger partial charge < -0.3 is 10.4 Å². The van der Waals surface area contributed by atoms with E-state index in [-0.39, 0.29) is 0 Å². The van der Waals surface area contributed by atoms with Crippen molar-refractivity contribution >= 4 is 0 Å². The Morgan fingerprint density at radius 3 is 2.40 bits per heavy atom. The van der Waals surface area contributed by atoms with Crippen LogP contribution in [0.5, 0.6) is 0 Å². The molecule has 112 valence electrons. The second-order valence-electron chi connectivity index (χ2n) is 6.87. The van der Waals surface area contributed by atoms with Gasteiger partial charge in [-0.25, -0.2) is 0 Å². The molecule has 0 bridgehead atoms. The van der Waals surface area contributed by atoms with Crippen LogP contribution in [-0.2, 0) is 5.60 Å². The zero-order chi connectivity index (χ0) is 14.6. The Balaban J connectivity index is 1.87. The molecule has 0 aliphatic heterocycles. The molecule has 0 heterocycles. The maximum atomic E-state index is 10.6. The minimum absolute atomic E-state index is 0.654. The summed E-state index contributed by atoms with van der Waals surface area (Å²) in [5, 5.41) is 14.0. The summed E-state index contributed by atoms with van der Waals surface area (Å²) >= 11 is 0. The van der Waals surface area contributed by atoms with Crippen LogP contribution in [0, 0.1) is 5.92 Å². The first-order valence-corrected chi connectivity index (χ1v) is 8.02. The van der Waals surface area contributed by atoms with E-state index in [0.29, 0.717) is 5.92 Å². The summed E-state index contributed by atoms with van der Waals surface area (Å²) in [5.41, 5.74) is 1.74. The first kappa shape index (κ1) is 15.5. The maximum absolute atomic E-state index is 10.6. The van der Waals surface area contributed by atoms with Crippen LogP contribution in [0.1, 0.15) is 63.5 Å². The minimum atomic E-state index is -0.734. The lowest BCUT2D eigenvalue weighted by Crippen LogP contribution is -2.29. The van der Waals surface area contributed by atoms with Crippen LogP contribution in [-0.4, -0.2) is 18.2 Å². The molecular weight excluding hydrogens is 246 g/mol. The Bertz CT molecular complexity index is 404. The zero-order valence-corrected chi connectivity index (χ0v) is 13.2. The van der Waals surface area contributed by atoms with Gasteiger partial charge in [0.2, 0.25) is 0 Å². The average molecular weight is 275 g/mol. The third-order valence-electron chi connectivity index (χ3n) is 4.45. The second kappa shape index (κ2) is 6.73. The Labute approximate surface area is 123 Å². The van der Waals surface area contributed by atoms with Crippen molar-refractivity contribution in [3.8, 4) is 0 Å². The lowest BCUT2D eigenvalue weighted by atomic mass is 9.79. The van der Waals surface area contributed by atoms with Gasteiger partial charge in [0.1, 0.15) is 0 Å². The summed E-state index contributed by atoms with van der Waals surface area (Å²) in [4.78, 5) is 0. The molecule has 2 N–H and O–H groups in total. The molecule has 2 heteroatoms. The highest BCUT2D eigenvalue weighted by atomic mass is 16.3. The standard InChI is InChI=1S/C18H29NO/c1-14(2)13-19-12-11-18(3,20)17-9-7-16(8-10-17)15-5-4-6-15/h7-10,14-15,19-20H,4-6,11-13H2,1-3H3. The van der Waals surface area contributed by atoms with Crippen LogP contribution >= 0.6 is 0 Å². The van der Waals surface area contributed by atoms with E-state index >= 15 is 0 Å². The molecule has 1 aromatic rings. The van der Waals surface area contributed by atoms with Gasteiger partial charge in [-0.2, -0.15) is 0 Å². The van der Waals surface area contributed by atoms with E-state index in [9.17, 15) is 5.11 Å². The lowest BCUT2D eigenvalue weighted by Gasteiger charge is -2.28. The number of benzene rings is 1.